The van der Waals surface area contributed by atoms with Crippen LogP contribution in [-0.4, -0.2) is 131 Å². The standard InChI is InChI=1S/C50H65ClN8O8S/c1-8-68(62,63)56-33-13-15-42(39(24-33)40-30-58(7)45(61)43-38(40)18-19-57(43)6)66-36-11-9-10-35(25-36)65-23-22-64-34-16-20-59(21-17-34)48-53-28-32(29-54-48)44(60)55-46-49(2,3)47(50(46,4)5)67-37-14-12-31(27-52)41(51)26-37/h9-15,24-26,30,32,34,38,43,46-48,53-54,56H,8,16-23,28-29H2,1-7H3,(H,55,60). The van der Waals surface area contributed by atoms with Crippen LogP contribution in [-0.2, 0) is 24.3 Å². The van der Waals surface area contributed by atoms with Crippen LogP contribution in [0.2, 0.25) is 5.02 Å². The number of halogens is 1. The van der Waals surface area contributed by atoms with E-state index >= 15 is 0 Å². The number of likely N-dealkylation sites (tertiary alicyclic amines) is 2. The fourth-order valence-electron chi connectivity index (χ4n) is 11.0. The number of ether oxygens (including phenoxy) is 4. The number of piperidine rings is 1. The predicted molar refractivity (Wildman–Crippen MR) is 261 cm³/mol. The Kier molecular flexibility index (Phi) is 14.7. The second kappa shape index (κ2) is 20.2. The van der Waals surface area contributed by atoms with Gasteiger partial charge < -0.3 is 29.2 Å². The van der Waals surface area contributed by atoms with Crippen LogP contribution >= 0.6 is 11.6 Å². The van der Waals surface area contributed by atoms with Gasteiger partial charge in [0.2, 0.25) is 21.8 Å². The summed E-state index contributed by atoms with van der Waals surface area (Å²) in [5, 5.41) is 20.1. The van der Waals surface area contributed by atoms with E-state index in [4.69, 9.17) is 30.5 Å². The third-order valence-corrected chi connectivity index (χ3v) is 16.1. The number of nitriles is 1. The molecule has 0 spiro atoms. The quantitative estimate of drug-likeness (QED) is 0.126. The Morgan fingerprint density at radius 3 is 2.34 bits per heavy atom. The second-order valence-corrected chi connectivity index (χ2v) is 22.3. The first-order valence-corrected chi connectivity index (χ1v) is 25.6. The average molecular weight is 974 g/mol. The van der Waals surface area contributed by atoms with Gasteiger partial charge in [-0.3, -0.25) is 34.7 Å². The molecule has 4 N–H and O–H groups in total. The number of hydrogen-bond donors (Lipinski definition) is 4. The Morgan fingerprint density at radius 2 is 1.65 bits per heavy atom. The number of nitrogens with zero attached hydrogens (tertiary/aromatic N) is 4. The SMILES string of the molecule is CCS(=O)(=O)Nc1ccc(Oc2cccc(OCCOC3CCN(C4NCC(C(=O)NC5C(C)(C)C(Oc6ccc(C#N)c(Cl)c6)C5(C)C)CN4)CC3)c2)c(C2=CN(C)C(=O)C3C2CCN3C)c1. The van der Waals surface area contributed by atoms with Gasteiger partial charge in [0.25, 0.3) is 0 Å². The Labute approximate surface area is 405 Å². The van der Waals surface area contributed by atoms with E-state index in [1.165, 1.54) is 0 Å². The van der Waals surface area contributed by atoms with Gasteiger partial charge in [-0.1, -0.05) is 45.4 Å². The molecule has 8 rings (SSSR count). The Balaban J connectivity index is 0.781. The van der Waals surface area contributed by atoms with Crippen LogP contribution in [0.5, 0.6) is 23.0 Å². The van der Waals surface area contributed by atoms with E-state index in [2.05, 4.69) is 64.2 Å². The first-order chi connectivity index (χ1) is 32.4. The molecule has 16 nitrogen and oxygen atoms in total. The molecule has 2 unspecified atom stereocenters. The van der Waals surface area contributed by atoms with Crippen LogP contribution in [0.3, 0.4) is 0 Å². The first kappa shape index (κ1) is 49.5. The van der Waals surface area contributed by atoms with E-state index in [1.807, 2.05) is 37.5 Å². The molecule has 2 amide bonds. The van der Waals surface area contributed by atoms with Crippen molar-refractivity contribution in [3.63, 3.8) is 0 Å². The number of sulfonamides is 1. The molecule has 18 heteroatoms. The van der Waals surface area contributed by atoms with Crippen molar-refractivity contribution in [3.05, 3.63) is 83.0 Å². The van der Waals surface area contributed by atoms with E-state index in [1.54, 1.807) is 55.3 Å². The average Bonchev–Trinajstić information content (AvgIpc) is 3.71. The molecular formula is C50H65ClN8O8S. The van der Waals surface area contributed by atoms with E-state index in [0.29, 0.717) is 71.1 Å². The highest BCUT2D eigenvalue weighted by atomic mass is 35.5. The maximum Gasteiger partial charge on any atom is 0.244 e. The minimum absolute atomic E-state index is 0.0131. The van der Waals surface area contributed by atoms with Crippen molar-refractivity contribution < 1.29 is 37.0 Å². The molecule has 1 aliphatic carbocycles. The fraction of sp³-hybridized carbons (Fsp3) is 0.540. The number of fused-ring (bicyclic) bond motifs is 1. The third-order valence-electron chi connectivity index (χ3n) is 14.4. The maximum absolute atomic E-state index is 13.6. The molecule has 0 aromatic heterocycles. The molecule has 366 valence electrons. The van der Waals surface area contributed by atoms with Crippen molar-refractivity contribution in [2.75, 3.05) is 70.5 Å². The van der Waals surface area contributed by atoms with Crippen molar-refractivity contribution in [2.24, 2.45) is 22.7 Å². The van der Waals surface area contributed by atoms with Crippen molar-refractivity contribution in [3.8, 4) is 29.1 Å². The van der Waals surface area contributed by atoms with Gasteiger partial charge in [-0.2, -0.15) is 5.26 Å². The van der Waals surface area contributed by atoms with E-state index < -0.39 is 10.0 Å². The number of carbonyl (C=O) groups excluding carboxylic acids is 2. The Morgan fingerprint density at radius 1 is 0.926 bits per heavy atom. The summed E-state index contributed by atoms with van der Waals surface area (Å²) in [5.41, 5.74) is 1.77. The highest BCUT2D eigenvalue weighted by molar-refractivity contribution is 7.92. The van der Waals surface area contributed by atoms with Gasteiger partial charge in [0.05, 0.1) is 41.0 Å². The molecule has 3 aromatic rings. The number of rotatable bonds is 16. The van der Waals surface area contributed by atoms with Gasteiger partial charge in [-0.25, -0.2) is 8.42 Å². The summed E-state index contributed by atoms with van der Waals surface area (Å²) in [5.74, 6) is 2.01. The molecular weight excluding hydrogens is 908 g/mol. The second-order valence-electron chi connectivity index (χ2n) is 19.9. The minimum Gasteiger partial charge on any atom is -0.491 e. The first-order valence-electron chi connectivity index (χ1n) is 23.6. The summed E-state index contributed by atoms with van der Waals surface area (Å²) < 4.78 is 53.0. The maximum atomic E-state index is 13.6. The Hall–Kier alpha value is -4.93. The summed E-state index contributed by atoms with van der Waals surface area (Å²) in [6.07, 6.45) is 4.28. The fourth-order valence-corrected chi connectivity index (χ4v) is 11.9. The number of hydrogen-bond acceptors (Lipinski definition) is 13. The molecule has 4 aliphatic heterocycles. The molecule has 0 radical (unpaired) electrons. The summed E-state index contributed by atoms with van der Waals surface area (Å²) in [7, 11) is 0.178. The van der Waals surface area contributed by atoms with E-state index in [0.717, 1.165) is 44.5 Å². The van der Waals surface area contributed by atoms with Crippen molar-refractivity contribution in [1.29, 1.82) is 5.26 Å². The molecule has 2 atom stereocenters. The largest absolute Gasteiger partial charge is 0.491 e. The molecule has 5 aliphatic rings. The molecule has 1 saturated carbocycles. The van der Waals surface area contributed by atoms with Gasteiger partial charge in [0, 0.05) is 85.6 Å². The van der Waals surface area contributed by atoms with Crippen molar-refractivity contribution in [2.45, 2.75) is 84.5 Å². The lowest BCUT2D eigenvalue weighted by atomic mass is 9.49. The van der Waals surface area contributed by atoms with Crippen LogP contribution in [0.1, 0.15) is 65.0 Å². The molecule has 4 fully saturated rings. The zero-order valence-corrected chi connectivity index (χ0v) is 41.6. The van der Waals surface area contributed by atoms with Crippen LogP contribution in [0.4, 0.5) is 5.69 Å². The summed E-state index contributed by atoms with van der Waals surface area (Å²) in [6.45, 7) is 14.4. The smallest absolute Gasteiger partial charge is 0.244 e. The topological polar surface area (TPSA) is 187 Å². The summed E-state index contributed by atoms with van der Waals surface area (Å²) in [4.78, 5) is 32.8. The number of anilines is 1. The zero-order valence-electron chi connectivity index (χ0n) is 40.0. The number of nitrogens with one attached hydrogen (secondary N) is 4. The Bertz CT molecular complexity index is 2520. The summed E-state index contributed by atoms with van der Waals surface area (Å²) in [6, 6.07) is 19.4. The normalized spacial score (nSPS) is 26.2. The molecule has 3 saturated heterocycles. The number of benzene rings is 3. The van der Waals surface area contributed by atoms with Gasteiger partial charge in [-0.05, 0) is 87.8 Å². The monoisotopic (exact) mass is 972 g/mol. The van der Waals surface area contributed by atoms with Crippen LogP contribution in [0, 0.1) is 34.0 Å². The molecule has 4 heterocycles. The van der Waals surface area contributed by atoms with Crippen molar-refractivity contribution in [1.82, 2.24) is 30.7 Å². The lowest BCUT2D eigenvalue weighted by molar-refractivity contribution is -0.174. The predicted octanol–water partition coefficient (Wildman–Crippen LogP) is 5.85. The zero-order chi connectivity index (χ0) is 48.5. The van der Waals surface area contributed by atoms with E-state index in [-0.39, 0.29) is 70.8 Å². The highest BCUT2D eigenvalue weighted by Crippen LogP contribution is 2.56. The lowest BCUT2D eigenvalue weighted by Crippen LogP contribution is -2.75. The van der Waals surface area contributed by atoms with Crippen LogP contribution < -0.4 is 34.9 Å². The molecule has 68 heavy (non-hydrogen) atoms. The van der Waals surface area contributed by atoms with Crippen LogP contribution in [0.25, 0.3) is 5.57 Å². The molecule has 3 aromatic carbocycles. The number of likely N-dealkylation sites (N-methyl/N-ethyl adjacent to an activating group) is 2. The number of carbonyl (C=O) groups is 2. The van der Waals surface area contributed by atoms with Gasteiger partial charge in [-0.15, -0.1) is 0 Å². The van der Waals surface area contributed by atoms with Gasteiger partial charge in [0.1, 0.15) is 48.1 Å². The summed E-state index contributed by atoms with van der Waals surface area (Å²) >= 11 is 6.27. The lowest BCUT2D eigenvalue weighted by Gasteiger charge is -2.63. The highest BCUT2D eigenvalue weighted by Gasteiger charge is 2.64. The van der Waals surface area contributed by atoms with E-state index in [9.17, 15) is 23.3 Å². The van der Waals surface area contributed by atoms with Crippen LogP contribution in [0.15, 0.2) is 66.9 Å². The van der Waals surface area contributed by atoms with Crippen molar-refractivity contribution >= 4 is 44.7 Å². The number of amides is 2. The molecule has 0 bridgehead atoms. The van der Waals surface area contributed by atoms with Gasteiger partial charge in [0.15, 0.2) is 0 Å². The van der Waals surface area contributed by atoms with Gasteiger partial charge >= 0.3 is 0 Å². The third kappa shape index (κ3) is 10.5. The minimum atomic E-state index is -3.53.